The monoisotopic (exact) mass is 426 g/mol. The Morgan fingerprint density at radius 3 is 2.37 bits per heavy atom. The number of hydrogen-bond donors (Lipinski definition) is 1. The minimum Gasteiger partial charge on any atom is -0.324 e. The highest BCUT2D eigenvalue weighted by atomic mass is 32.2. The number of carbonyl (C=O) groups is 1. The number of benzene rings is 3. The molecule has 1 unspecified atom stereocenters. The second-order valence-electron chi connectivity index (χ2n) is 7.56. The molecule has 0 radical (unpaired) electrons. The van der Waals surface area contributed by atoms with Gasteiger partial charge < -0.3 is 5.32 Å². The van der Waals surface area contributed by atoms with Crippen LogP contribution in [0.3, 0.4) is 0 Å². The Morgan fingerprint density at radius 1 is 1.07 bits per heavy atom. The van der Waals surface area contributed by atoms with Gasteiger partial charge in [-0.2, -0.15) is 0 Å². The first-order chi connectivity index (χ1) is 14.3. The van der Waals surface area contributed by atoms with Gasteiger partial charge in [-0.1, -0.05) is 31.2 Å². The van der Waals surface area contributed by atoms with E-state index in [1.807, 2.05) is 24.3 Å². The number of sulfonamides is 1. The third kappa shape index (κ3) is 3.65. The molecule has 1 aliphatic carbocycles. The van der Waals surface area contributed by atoms with Crippen molar-refractivity contribution in [2.45, 2.75) is 32.2 Å². The van der Waals surface area contributed by atoms with Crippen molar-refractivity contribution in [1.82, 2.24) is 0 Å². The maximum Gasteiger partial charge on any atom is 0.248 e. The molecule has 0 aliphatic heterocycles. The molecule has 0 saturated heterocycles. The minimum atomic E-state index is -3.78. The van der Waals surface area contributed by atoms with Gasteiger partial charge in [-0.25, -0.2) is 12.8 Å². The van der Waals surface area contributed by atoms with E-state index in [4.69, 9.17) is 0 Å². The molecule has 30 heavy (non-hydrogen) atoms. The van der Waals surface area contributed by atoms with Crippen LogP contribution in [0, 0.1) is 5.82 Å². The summed E-state index contributed by atoms with van der Waals surface area (Å²) in [6.45, 7) is 1.75. The Morgan fingerprint density at radius 2 is 1.73 bits per heavy atom. The minimum absolute atomic E-state index is 0.251. The molecular formula is C23H23FN2O3S. The largest absolute Gasteiger partial charge is 0.324 e. The molecule has 4 rings (SSSR count). The summed E-state index contributed by atoms with van der Waals surface area (Å²) in [5.74, 6) is -0.900. The zero-order chi connectivity index (χ0) is 21.5. The van der Waals surface area contributed by atoms with E-state index >= 15 is 0 Å². The zero-order valence-corrected chi connectivity index (χ0v) is 17.7. The van der Waals surface area contributed by atoms with Crippen molar-refractivity contribution in [3.8, 4) is 0 Å². The predicted octanol–water partition coefficient (Wildman–Crippen LogP) is 4.26. The third-order valence-corrected chi connectivity index (χ3v) is 6.73. The second-order valence-corrected chi connectivity index (χ2v) is 9.42. The molecule has 1 aliphatic rings. The number of hydrogen-bond acceptors (Lipinski definition) is 3. The van der Waals surface area contributed by atoms with Gasteiger partial charge in [0.15, 0.2) is 0 Å². The summed E-state index contributed by atoms with van der Waals surface area (Å²) >= 11 is 0. The number of nitrogens with one attached hydrogen (secondary N) is 1. The highest BCUT2D eigenvalue weighted by Gasteiger charge is 2.32. The van der Waals surface area contributed by atoms with Gasteiger partial charge in [-0.15, -0.1) is 0 Å². The van der Waals surface area contributed by atoms with Crippen molar-refractivity contribution in [1.29, 1.82) is 0 Å². The van der Waals surface area contributed by atoms with E-state index in [2.05, 4.69) is 11.4 Å². The van der Waals surface area contributed by atoms with Gasteiger partial charge in [-0.05, 0) is 66.1 Å². The van der Waals surface area contributed by atoms with E-state index in [-0.39, 0.29) is 12.1 Å². The van der Waals surface area contributed by atoms with Crippen molar-refractivity contribution in [2.24, 2.45) is 0 Å². The maximum absolute atomic E-state index is 13.3. The van der Waals surface area contributed by atoms with Crippen molar-refractivity contribution in [2.75, 3.05) is 15.9 Å². The fourth-order valence-corrected chi connectivity index (χ4v) is 5.43. The molecule has 0 spiro atoms. The van der Waals surface area contributed by atoms with Gasteiger partial charge in [0.2, 0.25) is 15.9 Å². The van der Waals surface area contributed by atoms with Crippen LogP contribution in [0.1, 0.15) is 24.5 Å². The van der Waals surface area contributed by atoms with Crippen LogP contribution >= 0.6 is 0 Å². The van der Waals surface area contributed by atoms with Gasteiger partial charge in [-0.3, -0.25) is 9.10 Å². The summed E-state index contributed by atoms with van der Waals surface area (Å²) in [4.78, 5) is 13.2. The zero-order valence-electron chi connectivity index (χ0n) is 16.9. The fourth-order valence-electron chi connectivity index (χ4n) is 4.22. The molecule has 0 aromatic heterocycles. The Kier molecular flexibility index (Phi) is 5.24. The topological polar surface area (TPSA) is 66.5 Å². The Bertz CT molecular complexity index is 1210. The molecule has 0 fully saturated rings. The van der Waals surface area contributed by atoms with Gasteiger partial charge in [0.1, 0.15) is 11.9 Å². The normalized spacial score (nSPS) is 14.0. The van der Waals surface area contributed by atoms with E-state index in [0.717, 1.165) is 28.8 Å². The van der Waals surface area contributed by atoms with E-state index in [1.165, 1.54) is 40.8 Å². The molecule has 3 aromatic rings. The Hall–Kier alpha value is -2.93. The summed E-state index contributed by atoms with van der Waals surface area (Å²) in [6, 6.07) is 14.1. The van der Waals surface area contributed by atoms with Crippen LogP contribution in [0.5, 0.6) is 0 Å². The number of carbonyl (C=O) groups excluding carboxylic acids is 1. The number of nitrogens with zero attached hydrogens (tertiary/aromatic N) is 1. The molecule has 156 valence electrons. The van der Waals surface area contributed by atoms with Gasteiger partial charge in [0.05, 0.1) is 11.9 Å². The smallest absolute Gasteiger partial charge is 0.248 e. The van der Waals surface area contributed by atoms with Crippen LogP contribution in [0.25, 0.3) is 10.8 Å². The molecule has 7 heteroatoms. The number of halogens is 1. The van der Waals surface area contributed by atoms with Crippen LogP contribution in [0.4, 0.5) is 15.8 Å². The highest BCUT2D eigenvalue weighted by Crippen LogP contribution is 2.35. The fraction of sp³-hybridized carbons (Fsp3) is 0.261. The molecule has 0 heterocycles. The molecular weight excluding hydrogens is 403 g/mol. The van der Waals surface area contributed by atoms with E-state index in [9.17, 15) is 17.6 Å². The molecule has 1 atom stereocenters. The molecule has 0 bridgehead atoms. The number of anilines is 2. The van der Waals surface area contributed by atoms with Crippen LogP contribution in [0.15, 0.2) is 54.6 Å². The number of amides is 1. The lowest BCUT2D eigenvalue weighted by Gasteiger charge is -2.30. The predicted molar refractivity (Wildman–Crippen MR) is 118 cm³/mol. The van der Waals surface area contributed by atoms with E-state index in [1.54, 1.807) is 6.92 Å². The van der Waals surface area contributed by atoms with Crippen molar-refractivity contribution < 1.29 is 17.6 Å². The van der Waals surface area contributed by atoms with Gasteiger partial charge in [0, 0.05) is 11.1 Å². The summed E-state index contributed by atoms with van der Waals surface area (Å²) in [6.07, 6.45) is 3.27. The maximum atomic E-state index is 13.3. The Labute approximate surface area is 175 Å². The van der Waals surface area contributed by atoms with E-state index in [0.29, 0.717) is 5.69 Å². The van der Waals surface area contributed by atoms with Crippen LogP contribution in [-0.2, 0) is 27.7 Å². The Balaban J connectivity index is 1.71. The van der Waals surface area contributed by atoms with Crippen molar-refractivity contribution in [3.63, 3.8) is 0 Å². The molecule has 1 amide bonds. The third-order valence-electron chi connectivity index (χ3n) is 5.55. The molecule has 3 aromatic carbocycles. The van der Waals surface area contributed by atoms with Crippen molar-refractivity contribution in [3.05, 3.63) is 71.5 Å². The molecule has 0 saturated carbocycles. The quantitative estimate of drug-likeness (QED) is 0.640. The van der Waals surface area contributed by atoms with Gasteiger partial charge in [0.25, 0.3) is 0 Å². The lowest BCUT2D eigenvalue weighted by atomic mass is 10.0. The molecule has 1 N–H and O–H groups in total. The van der Waals surface area contributed by atoms with Crippen molar-refractivity contribution >= 4 is 38.1 Å². The first kappa shape index (κ1) is 20.3. The van der Waals surface area contributed by atoms with E-state index < -0.39 is 27.8 Å². The number of aryl methyl sites for hydroxylation is 2. The summed E-state index contributed by atoms with van der Waals surface area (Å²) in [7, 11) is -3.78. The first-order valence-corrected chi connectivity index (χ1v) is 11.7. The summed E-state index contributed by atoms with van der Waals surface area (Å²) in [5, 5.41) is 5.06. The number of rotatable bonds is 6. The molecule has 5 nitrogen and oxygen atoms in total. The average molecular weight is 427 g/mol. The second kappa shape index (κ2) is 7.72. The highest BCUT2D eigenvalue weighted by molar-refractivity contribution is 7.92. The van der Waals surface area contributed by atoms with Crippen LogP contribution in [0.2, 0.25) is 0 Å². The summed E-state index contributed by atoms with van der Waals surface area (Å²) in [5.41, 5.74) is 3.43. The summed E-state index contributed by atoms with van der Waals surface area (Å²) < 4.78 is 39.5. The first-order valence-electron chi connectivity index (χ1n) is 9.89. The average Bonchev–Trinajstić information content (AvgIpc) is 3.13. The van der Waals surface area contributed by atoms with Crippen LogP contribution < -0.4 is 9.62 Å². The standard InChI is InChI=1S/C23H23FN2O3S/c1-3-21(26(30(2,28)29)18-12-10-17(24)11-13-18)23(27)25-20-14-9-16-8-7-15-5-4-6-19(20)22(15)16/h4-6,9-14,21H,3,7-8H2,1-2H3,(H,25,27). The SMILES string of the molecule is CCC(C(=O)Nc1ccc2c3c(cccc13)CC2)N(c1ccc(F)cc1)S(C)(=O)=O. The lowest BCUT2D eigenvalue weighted by molar-refractivity contribution is -0.117. The van der Waals surface area contributed by atoms with Gasteiger partial charge >= 0.3 is 0 Å². The van der Waals surface area contributed by atoms with Crippen LogP contribution in [-0.4, -0.2) is 26.6 Å². The lowest BCUT2D eigenvalue weighted by Crippen LogP contribution is -2.47.